The standard InChI is InChI=1S/C8H7N3O4S2/c1-9-8(16)17-7-3-2-5(10(12)13)4-6(7)11(14)15/h2-4H,1H3,(H,9,16). The smallest absolute Gasteiger partial charge is 0.290 e. The fraction of sp³-hybridized carbons (Fsp3) is 0.125. The third-order valence-corrected chi connectivity index (χ3v) is 3.17. The Morgan fingerprint density at radius 1 is 1.35 bits per heavy atom. The van der Waals surface area contributed by atoms with Gasteiger partial charge in [-0.05, 0) is 6.07 Å². The second-order valence-electron chi connectivity index (χ2n) is 2.81. The lowest BCUT2D eigenvalue weighted by atomic mass is 10.3. The van der Waals surface area contributed by atoms with Gasteiger partial charge in [0.1, 0.15) is 4.32 Å². The Bertz CT molecular complexity index is 492. The van der Waals surface area contributed by atoms with Gasteiger partial charge in [0, 0.05) is 13.1 Å². The van der Waals surface area contributed by atoms with E-state index in [9.17, 15) is 20.2 Å². The lowest BCUT2D eigenvalue weighted by molar-refractivity contribution is -0.396. The summed E-state index contributed by atoms with van der Waals surface area (Å²) in [6.45, 7) is 0. The van der Waals surface area contributed by atoms with Gasteiger partial charge < -0.3 is 5.32 Å². The molecule has 0 aliphatic carbocycles. The molecule has 0 fully saturated rings. The average molecular weight is 273 g/mol. The average Bonchev–Trinajstić information content (AvgIpc) is 2.28. The van der Waals surface area contributed by atoms with Crippen LogP contribution in [0, 0.1) is 20.2 Å². The van der Waals surface area contributed by atoms with Gasteiger partial charge in [0.15, 0.2) is 0 Å². The van der Waals surface area contributed by atoms with Crippen molar-refractivity contribution < 1.29 is 9.85 Å². The first-order valence-corrected chi connectivity index (χ1v) is 5.50. The number of rotatable bonds is 3. The molecule has 0 aliphatic rings. The van der Waals surface area contributed by atoms with Crippen molar-refractivity contribution in [2.45, 2.75) is 4.90 Å². The Morgan fingerprint density at radius 2 is 2.00 bits per heavy atom. The molecule has 90 valence electrons. The molecule has 9 heteroatoms. The fourth-order valence-corrected chi connectivity index (χ4v) is 1.94. The molecule has 1 N–H and O–H groups in total. The molecular formula is C8H7N3O4S2. The molecule has 0 aliphatic heterocycles. The van der Waals surface area contributed by atoms with Crippen LogP contribution in [0.25, 0.3) is 0 Å². The van der Waals surface area contributed by atoms with Gasteiger partial charge in [-0.3, -0.25) is 20.2 Å². The van der Waals surface area contributed by atoms with Gasteiger partial charge in [0.2, 0.25) is 0 Å². The van der Waals surface area contributed by atoms with Crippen LogP contribution in [0.15, 0.2) is 23.1 Å². The maximum atomic E-state index is 10.8. The molecule has 1 aromatic rings. The van der Waals surface area contributed by atoms with Gasteiger partial charge in [-0.2, -0.15) is 0 Å². The van der Waals surface area contributed by atoms with Gasteiger partial charge in [-0.1, -0.05) is 24.0 Å². The van der Waals surface area contributed by atoms with Crippen molar-refractivity contribution in [3.05, 3.63) is 38.4 Å². The number of thioether (sulfide) groups is 1. The molecule has 1 aromatic carbocycles. The van der Waals surface area contributed by atoms with E-state index in [4.69, 9.17) is 12.2 Å². The summed E-state index contributed by atoms with van der Waals surface area (Å²) in [5, 5.41) is 23.9. The van der Waals surface area contributed by atoms with E-state index < -0.39 is 9.85 Å². The van der Waals surface area contributed by atoms with Crippen molar-refractivity contribution in [3.63, 3.8) is 0 Å². The van der Waals surface area contributed by atoms with Crippen LogP contribution in [0.3, 0.4) is 0 Å². The first-order valence-electron chi connectivity index (χ1n) is 4.28. The summed E-state index contributed by atoms with van der Waals surface area (Å²) in [6, 6.07) is 3.43. The van der Waals surface area contributed by atoms with Crippen molar-refractivity contribution in [2.24, 2.45) is 0 Å². The summed E-state index contributed by atoms with van der Waals surface area (Å²) in [6.07, 6.45) is 0. The molecule has 0 unspecified atom stereocenters. The number of nitrogens with one attached hydrogen (secondary N) is 1. The van der Waals surface area contributed by atoms with Crippen LogP contribution in [0.1, 0.15) is 0 Å². The fourth-order valence-electron chi connectivity index (χ4n) is 0.999. The van der Waals surface area contributed by atoms with Gasteiger partial charge in [0.25, 0.3) is 11.4 Å². The monoisotopic (exact) mass is 273 g/mol. The number of thiocarbonyl (C=S) groups is 1. The van der Waals surface area contributed by atoms with E-state index >= 15 is 0 Å². The Hall–Kier alpha value is -1.74. The van der Waals surface area contributed by atoms with E-state index in [1.54, 1.807) is 7.05 Å². The maximum absolute atomic E-state index is 10.8. The van der Waals surface area contributed by atoms with E-state index in [1.807, 2.05) is 0 Å². The van der Waals surface area contributed by atoms with E-state index in [0.717, 1.165) is 17.8 Å². The van der Waals surface area contributed by atoms with Crippen LogP contribution >= 0.6 is 24.0 Å². The van der Waals surface area contributed by atoms with Gasteiger partial charge in [0.05, 0.1) is 20.8 Å². The number of benzene rings is 1. The van der Waals surface area contributed by atoms with Crippen LogP contribution in [0.2, 0.25) is 0 Å². The zero-order valence-corrected chi connectivity index (χ0v) is 10.2. The topological polar surface area (TPSA) is 98.3 Å². The largest absolute Gasteiger partial charge is 0.374 e. The maximum Gasteiger partial charge on any atom is 0.290 e. The lowest BCUT2D eigenvalue weighted by Crippen LogP contribution is -2.10. The first kappa shape index (κ1) is 13.3. The molecule has 17 heavy (non-hydrogen) atoms. The van der Waals surface area contributed by atoms with E-state index in [0.29, 0.717) is 4.32 Å². The molecule has 0 aromatic heterocycles. The molecule has 0 bridgehead atoms. The SMILES string of the molecule is CNC(=S)Sc1ccc([N+](=O)[O-])cc1[N+](=O)[O-]. The summed E-state index contributed by atoms with van der Waals surface area (Å²) in [4.78, 5) is 20.2. The number of hydrogen-bond donors (Lipinski definition) is 1. The quantitative estimate of drug-likeness (QED) is 0.389. The molecule has 0 amide bonds. The molecule has 0 spiro atoms. The van der Waals surface area contributed by atoms with Crippen LogP contribution in [0.5, 0.6) is 0 Å². The second-order valence-corrected chi connectivity index (χ2v) is 4.52. The molecule has 0 saturated carbocycles. The minimum absolute atomic E-state index is 0.264. The Kier molecular flexibility index (Phi) is 4.35. The Balaban J connectivity index is 3.17. The van der Waals surface area contributed by atoms with E-state index in [1.165, 1.54) is 12.1 Å². The van der Waals surface area contributed by atoms with Crippen molar-refractivity contribution >= 4 is 39.7 Å². The van der Waals surface area contributed by atoms with Gasteiger partial charge in [-0.25, -0.2) is 0 Å². The summed E-state index contributed by atoms with van der Waals surface area (Å²) in [7, 11) is 1.59. The van der Waals surface area contributed by atoms with E-state index in [-0.39, 0.29) is 16.3 Å². The molecule has 0 atom stereocenters. The summed E-state index contributed by atoms with van der Waals surface area (Å²) >= 11 is 5.84. The third-order valence-electron chi connectivity index (χ3n) is 1.76. The van der Waals surface area contributed by atoms with Crippen molar-refractivity contribution in [1.82, 2.24) is 5.32 Å². The van der Waals surface area contributed by atoms with Crippen molar-refractivity contribution in [2.75, 3.05) is 7.05 Å². The molecule has 7 nitrogen and oxygen atoms in total. The highest BCUT2D eigenvalue weighted by Crippen LogP contribution is 2.32. The number of nitro benzene ring substituents is 2. The van der Waals surface area contributed by atoms with Crippen molar-refractivity contribution in [1.29, 1.82) is 0 Å². The minimum Gasteiger partial charge on any atom is -0.374 e. The summed E-state index contributed by atoms with van der Waals surface area (Å²) in [5.41, 5.74) is -0.654. The minimum atomic E-state index is -0.683. The highest BCUT2D eigenvalue weighted by atomic mass is 32.2. The molecule has 0 heterocycles. The lowest BCUT2D eigenvalue weighted by Gasteiger charge is -2.03. The van der Waals surface area contributed by atoms with Crippen molar-refractivity contribution in [3.8, 4) is 0 Å². The second kappa shape index (κ2) is 5.55. The van der Waals surface area contributed by atoms with Crippen LogP contribution in [-0.2, 0) is 0 Å². The Labute approximate surface area is 105 Å². The molecule has 0 saturated heterocycles. The number of hydrogen-bond acceptors (Lipinski definition) is 6. The van der Waals surface area contributed by atoms with Gasteiger partial charge in [-0.15, -0.1) is 0 Å². The predicted octanol–water partition coefficient (Wildman–Crippen LogP) is 2.10. The molecular weight excluding hydrogens is 266 g/mol. The number of non-ortho nitro benzene ring substituents is 1. The third kappa shape index (κ3) is 3.36. The first-order chi connectivity index (χ1) is 7.95. The predicted molar refractivity (Wildman–Crippen MR) is 67.3 cm³/mol. The zero-order chi connectivity index (χ0) is 13.0. The normalized spacial score (nSPS) is 9.71. The number of nitro groups is 2. The highest BCUT2D eigenvalue weighted by molar-refractivity contribution is 8.23. The number of nitrogens with zero attached hydrogens (tertiary/aromatic N) is 2. The van der Waals surface area contributed by atoms with E-state index in [2.05, 4.69) is 5.32 Å². The van der Waals surface area contributed by atoms with Crippen LogP contribution < -0.4 is 5.32 Å². The molecule has 1 rings (SSSR count). The van der Waals surface area contributed by atoms with Gasteiger partial charge >= 0.3 is 0 Å². The molecule has 0 radical (unpaired) electrons. The summed E-state index contributed by atoms with van der Waals surface area (Å²) in [5.74, 6) is 0. The Morgan fingerprint density at radius 3 is 2.47 bits per heavy atom. The highest BCUT2D eigenvalue weighted by Gasteiger charge is 2.20. The summed E-state index contributed by atoms with van der Waals surface area (Å²) < 4.78 is 0.349. The zero-order valence-electron chi connectivity index (χ0n) is 8.58. The van der Waals surface area contributed by atoms with Crippen LogP contribution in [0.4, 0.5) is 11.4 Å². The van der Waals surface area contributed by atoms with Crippen LogP contribution in [-0.4, -0.2) is 21.2 Å².